The molecule has 1 aromatic carbocycles. The average Bonchev–Trinajstić information content (AvgIpc) is 2.42. The number of carbonyl (C=O) groups excluding carboxylic acids is 1. The normalized spacial score (nSPS) is 11.7. The number of non-ortho nitro benzene ring substituents is 1. The number of nitrogens with one attached hydrogen (secondary N) is 1. The molecule has 0 aliphatic rings. The highest BCUT2D eigenvalue weighted by Gasteiger charge is 2.17. The number of carboxylic acid groups (broad SMARTS) is 1. The largest absolute Gasteiger partial charge is 0.480 e. The third-order valence-electron chi connectivity index (χ3n) is 2.80. The zero-order valence-corrected chi connectivity index (χ0v) is 11.0. The first-order valence-electron chi connectivity index (χ1n) is 6.19. The second-order valence-corrected chi connectivity index (χ2v) is 4.29. The summed E-state index contributed by atoms with van der Waals surface area (Å²) in [7, 11) is 0. The summed E-state index contributed by atoms with van der Waals surface area (Å²) in [5.41, 5.74) is 0.637. The van der Waals surface area contributed by atoms with Gasteiger partial charge >= 0.3 is 5.97 Å². The number of aliphatic carboxylic acids is 1. The van der Waals surface area contributed by atoms with Gasteiger partial charge in [0.25, 0.3) is 5.69 Å². The van der Waals surface area contributed by atoms with Crippen LogP contribution < -0.4 is 5.32 Å². The van der Waals surface area contributed by atoms with Gasteiger partial charge in [0.1, 0.15) is 6.04 Å². The third-order valence-corrected chi connectivity index (χ3v) is 2.80. The number of carboxylic acids is 1. The number of hydrogen-bond donors (Lipinski definition) is 2. The lowest BCUT2D eigenvalue weighted by atomic mass is 10.1. The number of rotatable bonds is 7. The van der Waals surface area contributed by atoms with E-state index in [0.29, 0.717) is 18.4 Å². The molecule has 0 radical (unpaired) electrons. The molecule has 0 bridgehead atoms. The number of aryl methyl sites for hydroxylation is 1. The zero-order valence-electron chi connectivity index (χ0n) is 11.0. The molecule has 0 aliphatic carbocycles. The lowest BCUT2D eigenvalue weighted by Crippen LogP contribution is -2.40. The van der Waals surface area contributed by atoms with E-state index in [4.69, 9.17) is 5.11 Å². The predicted molar refractivity (Wildman–Crippen MR) is 71.3 cm³/mol. The minimum atomic E-state index is -1.07. The highest BCUT2D eigenvalue weighted by molar-refractivity contribution is 5.83. The maximum absolute atomic E-state index is 11.6. The summed E-state index contributed by atoms with van der Waals surface area (Å²) in [6.07, 6.45) is 0.715. The fourth-order valence-electron chi connectivity index (χ4n) is 1.69. The van der Waals surface area contributed by atoms with Crippen molar-refractivity contribution in [3.05, 3.63) is 39.9 Å². The van der Waals surface area contributed by atoms with E-state index in [2.05, 4.69) is 5.32 Å². The molecule has 0 aromatic heterocycles. The second-order valence-electron chi connectivity index (χ2n) is 4.29. The number of hydrogen-bond acceptors (Lipinski definition) is 4. The topological polar surface area (TPSA) is 110 Å². The molecule has 7 heteroatoms. The number of nitro groups is 1. The fourth-order valence-corrected chi connectivity index (χ4v) is 1.69. The van der Waals surface area contributed by atoms with E-state index in [9.17, 15) is 19.7 Å². The van der Waals surface area contributed by atoms with Crippen LogP contribution in [0.5, 0.6) is 0 Å². The van der Waals surface area contributed by atoms with Crippen LogP contribution in [-0.4, -0.2) is 27.9 Å². The molecule has 0 saturated heterocycles. The van der Waals surface area contributed by atoms with Crippen LogP contribution in [0.2, 0.25) is 0 Å². The first kappa shape index (κ1) is 15.6. The van der Waals surface area contributed by atoms with E-state index in [1.165, 1.54) is 12.1 Å². The molecule has 0 aliphatic heterocycles. The average molecular weight is 280 g/mol. The Morgan fingerprint density at radius 3 is 2.70 bits per heavy atom. The van der Waals surface area contributed by atoms with Gasteiger partial charge in [-0.1, -0.05) is 19.1 Å². The van der Waals surface area contributed by atoms with Gasteiger partial charge in [-0.3, -0.25) is 14.9 Å². The van der Waals surface area contributed by atoms with E-state index in [1.807, 2.05) is 0 Å². The van der Waals surface area contributed by atoms with Gasteiger partial charge in [0.2, 0.25) is 5.91 Å². The van der Waals surface area contributed by atoms with Crippen molar-refractivity contribution in [2.24, 2.45) is 0 Å². The standard InChI is InChI=1S/C13H16N2O5/c1-2-11(13(17)18)14-12(16)7-6-9-4-3-5-10(8-9)15(19)20/h3-5,8,11H,2,6-7H2,1H3,(H,14,16)(H,17,18). The molecule has 2 N–H and O–H groups in total. The van der Waals surface area contributed by atoms with Crippen LogP contribution in [0.1, 0.15) is 25.3 Å². The molecule has 0 fully saturated rings. The maximum Gasteiger partial charge on any atom is 0.326 e. The van der Waals surface area contributed by atoms with Crippen molar-refractivity contribution in [1.29, 1.82) is 0 Å². The number of amides is 1. The molecule has 1 atom stereocenters. The zero-order chi connectivity index (χ0) is 15.1. The van der Waals surface area contributed by atoms with E-state index in [0.717, 1.165) is 0 Å². The predicted octanol–water partition coefficient (Wildman–Crippen LogP) is 1.51. The van der Waals surface area contributed by atoms with E-state index in [-0.39, 0.29) is 18.0 Å². The first-order valence-corrected chi connectivity index (χ1v) is 6.19. The maximum atomic E-state index is 11.6. The van der Waals surface area contributed by atoms with Gasteiger partial charge in [0.15, 0.2) is 0 Å². The third kappa shape index (κ3) is 4.68. The van der Waals surface area contributed by atoms with Gasteiger partial charge in [-0.15, -0.1) is 0 Å². The molecule has 7 nitrogen and oxygen atoms in total. The van der Waals surface area contributed by atoms with Crippen LogP contribution in [0.4, 0.5) is 5.69 Å². The number of carbonyl (C=O) groups is 2. The molecule has 0 spiro atoms. The van der Waals surface area contributed by atoms with Crippen molar-refractivity contribution in [2.75, 3.05) is 0 Å². The Bertz CT molecular complexity index is 515. The highest BCUT2D eigenvalue weighted by Crippen LogP contribution is 2.14. The molecule has 1 aromatic rings. The molecular formula is C13H16N2O5. The Morgan fingerprint density at radius 1 is 1.45 bits per heavy atom. The summed E-state index contributed by atoms with van der Waals surface area (Å²) in [6.45, 7) is 1.67. The van der Waals surface area contributed by atoms with Gasteiger partial charge < -0.3 is 10.4 Å². The molecule has 20 heavy (non-hydrogen) atoms. The van der Waals surface area contributed by atoms with Gasteiger partial charge in [0.05, 0.1) is 4.92 Å². The van der Waals surface area contributed by atoms with Crippen LogP contribution in [0, 0.1) is 10.1 Å². The summed E-state index contributed by atoms with van der Waals surface area (Å²) >= 11 is 0. The Labute approximate surface area is 115 Å². The van der Waals surface area contributed by atoms with Crippen molar-refractivity contribution < 1.29 is 19.6 Å². The smallest absolute Gasteiger partial charge is 0.326 e. The molecule has 108 valence electrons. The molecule has 1 rings (SSSR count). The Morgan fingerprint density at radius 2 is 2.15 bits per heavy atom. The highest BCUT2D eigenvalue weighted by atomic mass is 16.6. The first-order chi connectivity index (χ1) is 9.43. The molecule has 1 unspecified atom stereocenters. The summed E-state index contributed by atoms with van der Waals surface area (Å²) in [6, 6.07) is 5.13. The quantitative estimate of drug-likeness (QED) is 0.581. The fraction of sp³-hybridized carbons (Fsp3) is 0.385. The summed E-state index contributed by atoms with van der Waals surface area (Å²) in [4.78, 5) is 32.5. The van der Waals surface area contributed by atoms with Gasteiger partial charge in [0, 0.05) is 18.6 Å². The van der Waals surface area contributed by atoms with Gasteiger partial charge in [-0.25, -0.2) is 4.79 Å². The number of benzene rings is 1. The van der Waals surface area contributed by atoms with Crippen LogP contribution in [0.3, 0.4) is 0 Å². The van der Waals surface area contributed by atoms with Gasteiger partial charge in [-0.05, 0) is 18.4 Å². The number of nitrogens with zero attached hydrogens (tertiary/aromatic N) is 1. The lowest BCUT2D eigenvalue weighted by molar-refractivity contribution is -0.384. The van der Waals surface area contributed by atoms with E-state index < -0.39 is 16.9 Å². The van der Waals surface area contributed by atoms with Crippen molar-refractivity contribution in [3.63, 3.8) is 0 Å². The summed E-state index contributed by atoms with van der Waals surface area (Å²) in [5, 5.41) is 21.8. The summed E-state index contributed by atoms with van der Waals surface area (Å²) < 4.78 is 0. The van der Waals surface area contributed by atoms with E-state index >= 15 is 0 Å². The molecule has 0 saturated carbocycles. The van der Waals surface area contributed by atoms with Crippen molar-refractivity contribution >= 4 is 17.6 Å². The van der Waals surface area contributed by atoms with Crippen molar-refractivity contribution in [1.82, 2.24) is 5.32 Å². The van der Waals surface area contributed by atoms with Crippen LogP contribution in [-0.2, 0) is 16.0 Å². The monoisotopic (exact) mass is 280 g/mol. The molecule has 0 heterocycles. The minimum Gasteiger partial charge on any atom is -0.480 e. The Balaban J connectivity index is 2.54. The van der Waals surface area contributed by atoms with Gasteiger partial charge in [-0.2, -0.15) is 0 Å². The Kier molecular flexibility index (Phi) is 5.64. The molecular weight excluding hydrogens is 264 g/mol. The molecule has 1 amide bonds. The SMILES string of the molecule is CCC(NC(=O)CCc1cccc([N+](=O)[O-])c1)C(=O)O. The second kappa shape index (κ2) is 7.22. The number of nitro benzene ring substituents is 1. The van der Waals surface area contributed by atoms with Crippen molar-refractivity contribution in [2.45, 2.75) is 32.2 Å². The van der Waals surface area contributed by atoms with Crippen LogP contribution in [0.25, 0.3) is 0 Å². The van der Waals surface area contributed by atoms with Crippen LogP contribution >= 0.6 is 0 Å². The van der Waals surface area contributed by atoms with E-state index in [1.54, 1.807) is 19.1 Å². The minimum absolute atomic E-state index is 0.0279. The van der Waals surface area contributed by atoms with Crippen molar-refractivity contribution in [3.8, 4) is 0 Å². The van der Waals surface area contributed by atoms with Crippen LogP contribution in [0.15, 0.2) is 24.3 Å². The Hall–Kier alpha value is -2.44. The summed E-state index contributed by atoms with van der Waals surface area (Å²) in [5.74, 6) is -1.46. The lowest BCUT2D eigenvalue weighted by Gasteiger charge is -2.11.